The van der Waals surface area contributed by atoms with Crippen molar-refractivity contribution in [2.75, 3.05) is 26.8 Å². The Labute approximate surface area is 117 Å². The van der Waals surface area contributed by atoms with Crippen molar-refractivity contribution in [3.63, 3.8) is 0 Å². The molecule has 1 N–H and O–H groups in total. The van der Waals surface area contributed by atoms with Gasteiger partial charge in [0.2, 0.25) is 0 Å². The first-order chi connectivity index (χ1) is 9.15. The Morgan fingerprint density at radius 1 is 1.47 bits per heavy atom. The molecule has 1 heterocycles. The fourth-order valence-electron chi connectivity index (χ4n) is 2.29. The molecule has 1 fully saturated rings. The Morgan fingerprint density at radius 2 is 2.16 bits per heavy atom. The molecule has 1 aromatic rings. The molecular formula is C14H18ClNO3. The first kappa shape index (κ1) is 14.2. The summed E-state index contributed by atoms with van der Waals surface area (Å²) in [4.78, 5) is 14.2. The third-order valence-corrected chi connectivity index (χ3v) is 3.87. The molecule has 5 heteroatoms. The Morgan fingerprint density at radius 3 is 2.74 bits per heavy atom. The van der Waals surface area contributed by atoms with Gasteiger partial charge in [-0.15, -0.1) is 0 Å². The number of nitrogens with zero attached hydrogens (tertiary/aromatic N) is 1. The van der Waals surface area contributed by atoms with E-state index in [1.807, 2.05) is 4.90 Å². The minimum Gasteiger partial charge on any atom is -0.495 e. The zero-order chi connectivity index (χ0) is 13.8. The van der Waals surface area contributed by atoms with E-state index in [4.69, 9.17) is 21.4 Å². The smallest absolute Gasteiger partial charge is 0.253 e. The normalized spacial score (nSPS) is 16.5. The zero-order valence-corrected chi connectivity index (χ0v) is 11.7. The van der Waals surface area contributed by atoms with Gasteiger partial charge in [-0.05, 0) is 37.0 Å². The number of benzene rings is 1. The van der Waals surface area contributed by atoms with Gasteiger partial charge in [0.1, 0.15) is 5.75 Å². The standard InChI is InChI=1S/C14H18ClNO3/c1-19-13-8-11(2-3-12(13)15)14(18)16-6-4-10(9-17)5-7-16/h2-3,8,10,17H,4-7,9H2,1H3. The molecule has 1 aliphatic heterocycles. The maximum absolute atomic E-state index is 12.3. The number of carbonyl (C=O) groups is 1. The largest absolute Gasteiger partial charge is 0.495 e. The predicted octanol–water partition coefficient (Wildman–Crippen LogP) is 2.19. The fourth-order valence-corrected chi connectivity index (χ4v) is 2.49. The van der Waals surface area contributed by atoms with Crippen LogP contribution < -0.4 is 4.74 Å². The molecule has 1 saturated heterocycles. The fraction of sp³-hybridized carbons (Fsp3) is 0.500. The van der Waals surface area contributed by atoms with Crippen molar-refractivity contribution in [2.24, 2.45) is 5.92 Å². The molecule has 104 valence electrons. The van der Waals surface area contributed by atoms with Crippen molar-refractivity contribution in [2.45, 2.75) is 12.8 Å². The van der Waals surface area contributed by atoms with E-state index in [2.05, 4.69) is 0 Å². The van der Waals surface area contributed by atoms with Crippen LogP contribution in [0.3, 0.4) is 0 Å². The molecule has 0 bridgehead atoms. The van der Waals surface area contributed by atoms with Gasteiger partial charge in [-0.3, -0.25) is 4.79 Å². The lowest BCUT2D eigenvalue weighted by Crippen LogP contribution is -2.39. The average Bonchev–Trinajstić information content (AvgIpc) is 2.47. The maximum atomic E-state index is 12.3. The number of carbonyl (C=O) groups excluding carboxylic acids is 1. The molecule has 1 aliphatic rings. The van der Waals surface area contributed by atoms with Gasteiger partial charge >= 0.3 is 0 Å². The number of likely N-dealkylation sites (tertiary alicyclic amines) is 1. The van der Waals surface area contributed by atoms with Gasteiger partial charge in [-0.1, -0.05) is 11.6 Å². The summed E-state index contributed by atoms with van der Waals surface area (Å²) in [6.45, 7) is 1.58. The second kappa shape index (κ2) is 6.26. The lowest BCUT2D eigenvalue weighted by atomic mass is 9.97. The molecule has 0 aromatic heterocycles. The third kappa shape index (κ3) is 3.19. The Balaban J connectivity index is 2.08. The molecule has 0 saturated carbocycles. The van der Waals surface area contributed by atoms with Crippen LogP contribution in [0.4, 0.5) is 0 Å². The van der Waals surface area contributed by atoms with E-state index in [9.17, 15) is 4.79 Å². The van der Waals surface area contributed by atoms with E-state index < -0.39 is 0 Å². The lowest BCUT2D eigenvalue weighted by molar-refractivity contribution is 0.0650. The van der Waals surface area contributed by atoms with Crippen molar-refractivity contribution < 1.29 is 14.6 Å². The van der Waals surface area contributed by atoms with Gasteiger partial charge in [-0.25, -0.2) is 0 Å². The van der Waals surface area contributed by atoms with Gasteiger partial charge in [-0.2, -0.15) is 0 Å². The predicted molar refractivity (Wildman–Crippen MR) is 73.7 cm³/mol. The maximum Gasteiger partial charge on any atom is 0.253 e. The van der Waals surface area contributed by atoms with Gasteiger partial charge < -0.3 is 14.7 Å². The van der Waals surface area contributed by atoms with Crippen LogP contribution in [0.1, 0.15) is 23.2 Å². The average molecular weight is 284 g/mol. The van der Waals surface area contributed by atoms with E-state index in [1.54, 1.807) is 18.2 Å². The molecule has 1 amide bonds. The summed E-state index contributed by atoms with van der Waals surface area (Å²) in [6, 6.07) is 5.06. The van der Waals surface area contributed by atoms with E-state index in [0.717, 1.165) is 12.8 Å². The topological polar surface area (TPSA) is 49.8 Å². The zero-order valence-electron chi connectivity index (χ0n) is 10.9. The molecule has 0 radical (unpaired) electrons. The second-order valence-corrected chi connectivity index (χ2v) is 5.17. The summed E-state index contributed by atoms with van der Waals surface area (Å²) >= 11 is 5.95. The van der Waals surface area contributed by atoms with Crippen LogP contribution >= 0.6 is 11.6 Å². The van der Waals surface area contributed by atoms with Gasteiger partial charge in [0.05, 0.1) is 12.1 Å². The molecule has 0 atom stereocenters. The van der Waals surface area contributed by atoms with Gasteiger partial charge in [0.25, 0.3) is 5.91 Å². The SMILES string of the molecule is COc1cc(C(=O)N2CCC(CO)CC2)ccc1Cl. The van der Waals surface area contributed by atoms with E-state index in [0.29, 0.717) is 35.3 Å². The van der Waals surface area contributed by atoms with Crippen molar-refractivity contribution in [3.8, 4) is 5.75 Å². The Kier molecular flexibility index (Phi) is 4.66. The number of aliphatic hydroxyl groups excluding tert-OH is 1. The summed E-state index contributed by atoms with van der Waals surface area (Å²) in [5, 5.41) is 9.60. The van der Waals surface area contributed by atoms with Gasteiger partial charge in [0.15, 0.2) is 0 Å². The molecule has 0 aliphatic carbocycles. The minimum absolute atomic E-state index is 0.00800. The van der Waals surface area contributed by atoms with Crippen LogP contribution in [0.25, 0.3) is 0 Å². The van der Waals surface area contributed by atoms with Crippen molar-refractivity contribution in [3.05, 3.63) is 28.8 Å². The first-order valence-corrected chi connectivity index (χ1v) is 6.77. The molecular weight excluding hydrogens is 266 g/mol. The minimum atomic E-state index is -0.00800. The number of amides is 1. The van der Waals surface area contributed by atoms with Crippen LogP contribution in [0, 0.1) is 5.92 Å². The Bertz CT molecular complexity index is 456. The van der Waals surface area contributed by atoms with Gasteiger partial charge in [0, 0.05) is 25.3 Å². The highest BCUT2D eigenvalue weighted by molar-refractivity contribution is 6.32. The van der Waals surface area contributed by atoms with Crippen LogP contribution in [0.15, 0.2) is 18.2 Å². The number of halogens is 1. The number of ether oxygens (including phenoxy) is 1. The molecule has 0 spiro atoms. The van der Waals surface area contributed by atoms with Crippen LogP contribution in [0.2, 0.25) is 5.02 Å². The van der Waals surface area contributed by atoms with Crippen LogP contribution in [0.5, 0.6) is 5.75 Å². The number of hydrogen-bond acceptors (Lipinski definition) is 3. The third-order valence-electron chi connectivity index (χ3n) is 3.56. The number of hydrogen-bond donors (Lipinski definition) is 1. The highest BCUT2D eigenvalue weighted by Gasteiger charge is 2.23. The summed E-state index contributed by atoms with van der Waals surface area (Å²) in [7, 11) is 1.53. The van der Waals surface area contributed by atoms with E-state index >= 15 is 0 Å². The van der Waals surface area contributed by atoms with E-state index in [1.165, 1.54) is 7.11 Å². The van der Waals surface area contributed by atoms with Crippen molar-refractivity contribution >= 4 is 17.5 Å². The first-order valence-electron chi connectivity index (χ1n) is 6.39. The summed E-state index contributed by atoms with van der Waals surface area (Å²) in [5.74, 6) is 0.827. The quantitative estimate of drug-likeness (QED) is 0.925. The molecule has 4 nitrogen and oxygen atoms in total. The number of rotatable bonds is 3. The van der Waals surface area contributed by atoms with Crippen LogP contribution in [-0.4, -0.2) is 42.7 Å². The molecule has 1 aromatic carbocycles. The number of aliphatic hydroxyl groups is 1. The van der Waals surface area contributed by atoms with Crippen LogP contribution in [-0.2, 0) is 0 Å². The Hall–Kier alpha value is -1.26. The highest BCUT2D eigenvalue weighted by atomic mass is 35.5. The molecule has 19 heavy (non-hydrogen) atoms. The molecule has 0 unspecified atom stereocenters. The van der Waals surface area contributed by atoms with E-state index in [-0.39, 0.29) is 12.5 Å². The van der Waals surface area contributed by atoms with Crippen molar-refractivity contribution in [1.82, 2.24) is 4.90 Å². The molecule has 2 rings (SSSR count). The highest BCUT2D eigenvalue weighted by Crippen LogP contribution is 2.26. The summed E-state index contributed by atoms with van der Waals surface area (Å²) in [6.07, 6.45) is 1.71. The summed E-state index contributed by atoms with van der Waals surface area (Å²) < 4.78 is 5.12. The monoisotopic (exact) mass is 283 g/mol. The second-order valence-electron chi connectivity index (χ2n) is 4.77. The summed E-state index contributed by atoms with van der Waals surface area (Å²) in [5.41, 5.74) is 0.587. The number of methoxy groups -OCH3 is 1. The lowest BCUT2D eigenvalue weighted by Gasteiger charge is -2.31. The number of piperidine rings is 1. The van der Waals surface area contributed by atoms with Crippen molar-refractivity contribution in [1.29, 1.82) is 0 Å².